The maximum absolute atomic E-state index is 13.6. The van der Waals surface area contributed by atoms with Crippen molar-refractivity contribution < 1.29 is 9.13 Å². The minimum Gasteiger partial charge on any atom is -0.371 e. The van der Waals surface area contributed by atoms with Gasteiger partial charge in [-0.3, -0.25) is 0 Å². The Balaban J connectivity index is 1.93. The van der Waals surface area contributed by atoms with Gasteiger partial charge >= 0.3 is 0 Å². The first-order valence-corrected chi connectivity index (χ1v) is 6.69. The van der Waals surface area contributed by atoms with Crippen LogP contribution in [0.2, 0.25) is 0 Å². The van der Waals surface area contributed by atoms with Gasteiger partial charge in [0.25, 0.3) is 0 Å². The van der Waals surface area contributed by atoms with Crippen molar-refractivity contribution in [2.75, 3.05) is 7.05 Å². The molecule has 2 nitrogen and oxygen atoms in total. The molecule has 0 unspecified atom stereocenters. The molecule has 0 saturated carbocycles. The first kappa shape index (κ1) is 13.2. The summed E-state index contributed by atoms with van der Waals surface area (Å²) in [4.78, 5) is 1.15. The highest BCUT2D eigenvalue weighted by molar-refractivity contribution is 7.09. The molecule has 0 aliphatic carbocycles. The molecule has 0 aliphatic rings. The number of rotatable bonds is 6. The zero-order chi connectivity index (χ0) is 12.8. The molecule has 0 radical (unpaired) electrons. The summed E-state index contributed by atoms with van der Waals surface area (Å²) in [5.41, 5.74) is 1.67. The monoisotopic (exact) mass is 265 g/mol. The van der Waals surface area contributed by atoms with E-state index in [9.17, 15) is 4.39 Å². The van der Waals surface area contributed by atoms with Crippen LogP contribution in [-0.2, 0) is 24.5 Å². The molecule has 1 aromatic heterocycles. The lowest BCUT2D eigenvalue weighted by atomic mass is 10.1. The van der Waals surface area contributed by atoms with Crippen molar-refractivity contribution in [3.63, 3.8) is 0 Å². The van der Waals surface area contributed by atoms with E-state index in [-0.39, 0.29) is 5.82 Å². The van der Waals surface area contributed by atoms with Gasteiger partial charge in [-0.2, -0.15) is 0 Å². The first-order valence-electron chi connectivity index (χ1n) is 5.81. The largest absolute Gasteiger partial charge is 0.371 e. The highest BCUT2D eigenvalue weighted by Crippen LogP contribution is 2.14. The molecule has 0 amide bonds. The molecule has 0 spiro atoms. The molecule has 1 heterocycles. The molecular weight excluding hydrogens is 249 g/mol. The summed E-state index contributed by atoms with van der Waals surface area (Å²) in [5, 5.41) is 5.05. The van der Waals surface area contributed by atoms with Crippen LogP contribution < -0.4 is 5.32 Å². The van der Waals surface area contributed by atoms with Crippen LogP contribution in [0.5, 0.6) is 0 Å². The second kappa shape index (κ2) is 6.64. The van der Waals surface area contributed by atoms with E-state index in [1.807, 2.05) is 30.6 Å². The predicted molar refractivity (Wildman–Crippen MR) is 72.0 cm³/mol. The van der Waals surface area contributed by atoms with Crippen LogP contribution in [0.4, 0.5) is 4.39 Å². The summed E-state index contributed by atoms with van der Waals surface area (Å²) in [5.74, 6) is -0.207. The third kappa shape index (κ3) is 3.63. The quantitative estimate of drug-likeness (QED) is 0.865. The third-order valence-electron chi connectivity index (χ3n) is 2.57. The molecule has 4 heteroatoms. The zero-order valence-corrected chi connectivity index (χ0v) is 11.1. The average molecular weight is 265 g/mol. The summed E-state index contributed by atoms with van der Waals surface area (Å²) >= 11 is 1.64. The Kier molecular flexibility index (Phi) is 4.87. The maximum Gasteiger partial charge on any atom is 0.128 e. The summed E-state index contributed by atoms with van der Waals surface area (Å²) in [6.07, 6.45) is 0. The Morgan fingerprint density at radius 1 is 1.28 bits per heavy atom. The van der Waals surface area contributed by atoms with E-state index in [4.69, 9.17) is 4.74 Å². The van der Waals surface area contributed by atoms with Gasteiger partial charge in [0.2, 0.25) is 0 Å². The van der Waals surface area contributed by atoms with Gasteiger partial charge in [-0.25, -0.2) is 4.39 Å². The molecule has 2 rings (SSSR count). The zero-order valence-electron chi connectivity index (χ0n) is 10.3. The predicted octanol–water partition coefficient (Wildman–Crippen LogP) is 3.32. The number of hydrogen-bond acceptors (Lipinski definition) is 3. The van der Waals surface area contributed by atoms with Crippen LogP contribution in [0.3, 0.4) is 0 Å². The topological polar surface area (TPSA) is 21.3 Å². The molecule has 0 saturated heterocycles. The van der Waals surface area contributed by atoms with E-state index >= 15 is 0 Å². The Morgan fingerprint density at radius 3 is 2.89 bits per heavy atom. The average Bonchev–Trinajstić information content (AvgIpc) is 2.86. The number of nitrogens with one attached hydrogen (secondary N) is 1. The standard InChI is InChI=1S/C14H16FNOS/c1-16-8-11-4-5-14(15)12(7-11)9-17-10-13-3-2-6-18-13/h2-7,16H,8-10H2,1H3. The SMILES string of the molecule is CNCc1ccc(F)c(COCc2cccs2)c1. The van der Waals surface area contributed by atoms with Gasteiger partial charge in [0, 0.05) is 17.0 Å². The Hall–Kier alpha value is -1.23. The van der Waals surface area contributed by atoms with E-state index < -0.39 is 0 Å². The number of benzene rings is 1. The van der Waals surface area contributed by atoms with E-state index in [1.165, 1.54) is 6.07 Å². The van der Waals surface area contributed by atoms with Crippen molar-refractivity contribution in [3.8, 4) is 0 Å². The molecule has 0 bridgehead atoms. The Labute approximate surface area is 110 Å². The van der Waals surface area contributed by atoms with Crippen LogP contribution in [-0.4, -0.2) is 7.05 Å². The highest BCUT2D eigenvalue weighted by atomic mass is 32.1. The fraction of sp³-hybridized carbons (Fsp3) is 0.286. The summed E-state index contributed by atoms with van der Waals surface area (Å²) in [6.45, 7) is 1.58. The first-order chi connectivity index (χ1) is 8.79. The van der Waals surface area contributed by atoms with Crippen molar-refractivity contribution >= 4 is 11.3 Å². The summed E-state index contributed by atoms with van der Waals surface area (Å²) in [6, 6.07) is 9.13. The van der Waals surface area contributed by atoms with Crippen LogP contribution in [0.15, 0.2) is 35.7 Å². The second-order valence-corrected chi connectivity index (χ2v) is 5.06. The molecule has 96 valence electrons. The Bertz CT molecular complexity index is 485. The van der Waals surface area contributed by atoms with Gasteiger partial charge in [-0.05, 0) is 36.2 Å². The number of hydrogen-bond donors (Lipinski definition) is 1. The normalized spacial score (nSPS) is 10.8. The fourth-order valence-corrected chi connectivity index (χ4v) is 2.35. The highest BCUT2D eigenvalue weighted by Gasteiger charge is 2.04. The third-order valence-corrected chi connectivity index (χ3v) is 3.42. The van der Waals surface area contributed by atoms with Crippen LogP contribution >= 0.6 is 11.3 Å². The van der Waals surface area contributed by atoms with E-state index in [0.29, 0.717) is 18.8 Å². The van der Waals surface area contributed by atoms with E-state index in [1.54, 1.807) is 17.4 Å². The molecule has 0 atom stereocenters. The maximum atomic E-state index is 13.6. The van der Waals surface area contributed by atoms with Crippen molar-refractivity contribution in [2.45, 2.75) is 19.8 Å². The molecule has 1 aromatic carbocycles. The Morgan fingerprint density at radius 2 is 2.17 bits per heavy atom. The van der Waals surface area contributed by atoms with Gasteiger partial charge in [0.15, 0.2) is 0 Å². The summed E-state index contributed by atoms with van der Waals surface area (Å²) in [7, 11) is 1.87. The molecule has 0 fully saturated rings. The summed E-state index contributed by atoms with van der Waals surface area (Å²) < 4.78 is 19.1. The van der Waals surface area contributed by atoms with Gasteiger partial charge in [-0.15, -0.1) is 11.3 Å². The molecule has 0 aliphatic heterocycles. The van der Waals surface area contributed by atoms with Crippen LogP contribution in [0.1, 0.15) is 16.0 Å². The lowest BCUT2D eigenvalue weighted by Gasteiger charge is -2.07. The van der Waals surface area contributed by atoms with Crippen molar-refractivity contribution in [1.29, 1.82) is 0 Å². The van der Waals surface area contributed by atoms with Crippen molar-refractivity contribution in [3.05, 3.63) is 57.5 Å². The van der Waals surface area contributed by atoms with Crippen LogP contribution in [0, 0.1) is 5.82 Å². The number of thiophene rings is 1. The van der Waals surface area contributed by atoms with Gasteiger partial charge in [-0.1, -0.05) is 12.1 Å². The number of halogens is 1. The van der Waals surface area contributed by atoms with Gasteiger partial charge in [0.1, 0.15) is 5.82 Å². The van der Waals surface area contributed by atoms with Crippen LogP contribution in [0.25, 0.3) is 0 Å². The smallest absolute Gasteiger partial charge is 0.128 e. The second-order valence-electron chi connectivity index (χ2n) is 4.03. The van der Waals surface area contributed by atoms with E-state index in [0.717, 1.165) is 17.0 Å². The van der Waals surface area contributed by atoms with Gasteiger partial charge in [0.05, 0.1) is 13.2 Å². The number of ether oxygens (including phenoxy) is 1. The minimum absolute atomic E-state index is 0.207. The lowest BCUT2D eigenvalue weighted by molar-refractivity contribution is 0.107. The molecule has 18 heavy (non-hydrogen) atoms. The minimum atomic E-state index is -0.207. The van der Waals surface area contributed by atoms with E-state index in [2.05, 4.69) is 5.32 Å². The molecular formula is C14H16FNOS. The van der Waals surface area contributed by atoms with Crippen molar-refractivity contribution in [1.82, 2.24) is 5.32 Å². The fourth-order valence-electron chi connectivity index (χ4n) is 1.71. The lowest BCUT2D eigenvalue weighted by Crippen LogP contribution is -2.06. The molecule has 1 N–H and O–H groups in total. The van der Waals surface area contributed by atoms with Crippen molar-refractivity contribution in [2.24, 2.45) is 0 Å². The van der Waals surface area contributed by atoms with Gasteiger partial charge < -0.3 is 10.1 Å². The molecule has 2 aromatic rings.